The normalized spacial score (nSPS) is 9.43. The van der Waals surface area contributed by atoms with Crippen molar-refractivity contribution in [3.63, 3.8) is 0 Å². The molecule has 3 nitrogen and oxygen atoms in total. The first-order valence-electron chi connectivity index (χ1n) is 3.86. The predicted octanol–water partition coefficient (Wildman–Crippen LogP) is 2.09. The number of aromatic carboxylic acids is 1. The summed E-state index contributed by atoms with van der Waals surface area (Å²) in [4.78, 5) is 14.6. The number of halogens is 1. The van der Waals surface area contributed by atoms with E-state index in [0.717, 1.165) is 5.39 Å². The molecule has 0 aliphatic heterocycles. The summed E-state index contributed by atoms with van der Waals surface area (Å²) in [5.74, 6) is -0.995. The molecule has 72 valence electrons. The summed E-state index contributed by atoms with van der Waals surface area (Å²) < 4.78 is 0. The minimum atomic E-state index is -0.995. The quantitative estimate of drug-likeness (QED) is 0.754. The highest BCUT2D eigenvalue weighted by Gasteiger charge is 2.03. The molecule has 1 aromatic heterocycles. The molecule has 0 spiro atoms. The highest BCUT2D eigenvalue weighted by atomic mass is 19.0. The first-order valence-corrected chi connectivity index (χ1v) is 3.86. The van der Waals surface area contributed by atoms with E-state index < -0.39 is 5.97 Å². The number of benzene rings is 1. The van der Waals surface area contributed by atoms with Gasteiger partial charge in [0.15, 0.2) is 0 Å². The van der Waals surface area contributed by atoms with Crippen molar-refractivity contribution in [3.05, 3.63) is 42.1 Å². The molecule has 14 heavy (non-hydrogen) atoms. The van der Waals surface area contributed by atoms with E-state index in [9.17, 15) is 4.79 Å². The van der Waals surface area contributed by atoms with Gasteiger partial charge in [0.1, 0.15) is 5.69 Å². The van der Waals surface area contributed by atoms with Gasteiger partial charge < -0.3 is 5.11 Å². The van der Waals surface area contributed by atoms with Gasteiger partial charge in [-0.2, -0.15) is 0 Å². The van der Waals surface area contributed by atoms with Gasteiger partial charge >= 0.3 is 5.97 Å². The molecule has 0 atom stereocenters. The summed E-state index contributed by atoms with van der Waals surface area (Å²) in [7, 11) is 0. The minimum Gasteiger partial charge on any atom is -0.477 e. The summed E-state index contributed by atoms with van der Waals surface area (Å²) >= 11 is 0. The second-order valence-corrected chi connectivity index (χ2v) is 2.69. The van der Waals surface area contributed by atoms with Gasteiger partial charge in [-0.15, -0.1) is 0 Å². The molecule has 0 aliphatic rings. The highest BCUT2D eigenvalue weighted by molar-refractivity contribution is 5.89. The molecular formula is C10H8FNO2. The molecule has 0 radical (unpaired) electrons. The summed E-state index contributed by atoms with van der Waals surface area (Å²) in [5.41, 5.74) is 0.793. The van der Waals surface area contributed by atoms with Crippen LogP contribution in [0.15, 0.2) is 36.4 Å². The van der Waals surface area contributed by atoms with E-state index in [4.69, 9.17) is 5.11 Å². The molecule has 2 rings (SSSR count). The Labute approximate surface area is 79.4 Å². The van der Waals surface area contributed by atoms with Gasteiger partial charge in [-0.3, -0.25) is 4.70 Å². The van der Waals surface area contributed by atoms with Crippen LogP contribution in [0.1, 0.15) is 10.5 Å². The van der Waals surface area contributed by atoms with E-state index >= 15 is 0 Å². The maximum Gasteiger partial charge on any atom is 0.354 e. The van der Waals surface area contributed by atoms with Crippen LogP contribution in [-0.4, -0.2) is 16.1 Å². The van der Waals surface area contributed by atoms with Crippen molar-refractivity contribution in [1.82, 2.24) is 4.98 Å². The number of carbonyl (C=O) groups is 1. The number of para-hydroxylation sites is 1. The van der Waals surface area contributed by atoms with E-state index in [2.05, 4.69) is 4.98 Å². The monoisotopic (exact) mass is 193 g/mol. The third-order valence-corrected chi connectivity index (χ3v) is 1.82. The van der Waals surface area contributed by atoms with E-state index in [1.54, 1.807) is 12.1 Å². The van der Waals surface area contributed by atoms with Gasteiger partial charge in [-0.25, -0.2) is 9.78 Å². The Hall–Kier alpha value is -1.97. The second kappa shape index (κ2) is 3.83. The molecule has 1 aromatic carbocycles. The molecule has 2 aromatic rings. The minimum absolute atomic E-state index is 0. The van der Waals surface area contributed by atoms with Gasteiger partial charge in [-0.05, 0) is 12.1 Å². The van der Waals surface area contributed by atoms with Gasteiger partial charge in [-0.1, -0.05) is 24.3 Å². The first-order chi connectivity index (χ1) is 6.27. The topological polar surface area (TPSA) is 50.2 Å². The molecule has 1 N–H and O–H groups in total. The van der Waals surface area contributed by atoms with Crippen molar-refractivity contribution < 1.29 is 14.6 Å². The number of rotatable bonds is 1. The molecule has 4 heteroatoms. The van der Waals surface area contributed by atoms with Crippen LogP contribution < -0.4 is 0 Å². The Kier molecular flexibility index (Phi) is 2.76. The zero-order valence-electron chi connectivity index (χ0n) is 7.18. The average Bonchev–Trinajstić information content (AvgIpc) is 2.17. The zero-order valence-corrected chi connectivity index (χ0v) is 7.18. The standard InChI is InChI=1S/C10H7NO2.FH/c12-10(13)9-6-5-7-3-1-2-4-8(7)11-9;/h1-6H,(H,12,13);1H. The maximum absolute atomic E-state index is 10.6. The fourth-order valence-corrected chi connectivity index (χ4v) is 1.19. The number of nitrogens with zero attached hydrogens (tertiary/aromatic N) is 1. The third kappa shape index (κ3) is 1.69. The van der Waals surface area contributed by atoms with Crippen molar-refractivity contribution in [2.75, 3.05) is 0 Å². The van der Waals surface area contributed by atoms with E-state index in [1.165, 1.54) is 6.07 Å². The van der Waals surface area contributed by atoms with Gasteiger partial charge in [0.05, 0.1) is 5.52 Å². The molecule has 0 unspecified atom stereocenters. The SMILES string of the molecule is F.O=C(O)c1ccc2ccccc2n1. The summed E-state index contributed by atoms with van der Waals surface area (Å²) in [5, 5.41) is 9.63. The number of aromatic nitrogens is 1. The van der Waals surface area contributed by atoms with Crippen molar-refractivity contribution >= 4 is 16.9 Å². The molecule has 0 fully saturated rings. The van der Waals surface area contributed by atoms with Crippen LogP contribution in [0, 0.1) is 0 Å². The fourth-order valence-electron chi connectivity index (χ4n) is 1.19. The third-order valence-electron chi connectivity index (χ3n) is 1.82. The summed E-state index contributed by atoms with van der Waals surface area (Å²) in [6.07, 6.45) is 0. The Morgan fingerprint density at radius 3 is 2.57 bits per heavy atom. The lowest BCUT2D eigenvalue weighted by Crippen LogP contribution is -1.99. The Morgan fingerprint density at radius 1 is 1.14 bits per heavy atom. The predicted molar refractivity (Wildman–Crippen MR) is 51.2 cm³/mol. The Morgan fingerprint density at radius 2 is 1.86 bits per heavy atom. The van der Waals surface area contributed by atoms with Gasteiger partial charge in [0, 0.05) is 5.39 Å². The molecule has 0 saturated carbocycles. The Bertz CT molecular complexity index is 470. The Balaban J connectivity index is 0.000000980. The van der Waals surface area contributed by atoms with Crippen LogP contribution in [0.5, 0.6) is 0 Å². The maximum atomic E-state index is 10.6. The lowest BCUT2D eigenvalue weighted by atomic mass is 10.2. The van der Waals surface area contributed by atoms with Crippen LogP contribution in [0.2, 0.25) is 0 Å². The van der Waals surface area contributed by atoms with Crippen molar-refractivity contribution in [2.24, 2.45) is 0 Å². The van der Waals surface area contributed by atoms with Crippen molar-refractivity contribution in [3.8, 4) is 0 Å². The van der Waals surface area contributed by atoms with Gasteiger partial charge in [0.2, 0.25) is 0 Å². The van der Waals surface area contributed by atoms with E-state index in [0.29, 0.717) is 5.52 Å². The number of hydrogen-bond acceptors (Lipinski definition) is 2. The molecular weight excluding hydrogens is 185 g/mol. The lowest BCUT2D eigenvalue weighted by molar-refractivity contribution is 0.0691. The molecule has 0 saturated heterocycles. The molecule has 0 aliphatic carbocycles. The molecule has 0 bridgehead atoms. The molecule has 1 heterocycles. The average molecular weight is 193 g/mol. The largest absolute Gasteiger partial charge is 0.477 e. The van der Waals surface area contributed by atoms with E-state index in [1.807, 2.05) is 18.2 Å². The first kappa shape index (κ1) is 10.1. The fraction of sp³-hybridized carbons (Fsp3) is 0. The van der Waals surface area contributed by atoms with Gasteiger partial charge in [0.25, 0.3) is 0 Å². The summed E-state index contributed by atoms with van der Waals surface area (Å²) in [6, 6.07) is 10.7. The highest BCUT2D eigenvalue weighted by Crippen LogP contribution is 2.11. The van der Waals surface area contributed by atoms with Crippen molar-refractivity contribution in [1.29, 1.82) is 0 Å². The number of pyridine rings is 1. The number of carboxylic acids is 1. The number of carboxylic acid groups (broad SMARTS) is 1. The van der Waals surface area contributed by atoms with Crippen LogP contribution in [0.3, 0.4) is 0 Å². The van der Waals surface area contributed by atoms with Crippen LogP contribution >= 0.6 is 0 Å². The van der Waals surface area contributed by atoms with Crippen molar-refractivity contribution in [2.45, 2.75) is 0 Å². The lowest BCUT2D eigenvalue weighted by Gasteiger charge is -1.97. The molecule has 0 amide bonds. The summed E-state index contributed by atoms with van der Waals surface area (Å²) in [6.45, 7) is 0. The smallest absolute Gasteiger partial charge is 0.354 e. The number of hydrogen-bond donors (Lipinski definition) is 1. The van der Waals surface area contributed by atoms with E-state index in [-0.39, 0.29) is 10.4 Å². The number of fused-ring (bicyclic) bond motifs is 1. The van der Waals surface area contributed by atoms with Crippen LogP contribution in [0.25, 0.3) is 10.9 Å². The van der Waals surface area contributed by atoms with Crippen LogP contribution in [0.4, 0.5) is 4.70 Å². The second-order valence-electron chi connectivity index (χ2n) is 2.69. The van der Waals surface area contributed by atoms with Crippen LogP contribution in [-0.2, 0) is 0 Å². The zero-order chi connectivity index (χ0) is 9.26.